The van der Waals surface area contributed by atoms with Crippen LogP contribution in [0.4, 0.5) is 0 Å². The summed E-state index contributed by atoms with van der Waals surface area (Å²) < 4.78 is 11.5. The number of carbonyl (C=O) groups is 2. The summed E-state index contributed by atoms with van der Waals surface area (Å²) in [5, 5.41) is 11.4. The molecule has 1 N–H and O–H groups in total. The maximum atomic E-state index is 13.1. The summed E-state index contributed by atoms with van der Waals surface area (Å²) in [6, 6.07) is 39.0. The Balaban J connectivity index is 1.41. The topological polar surface area (TPSA) is 76.1 Å². The molecule has 0 bridgehead atoms. The number of hydrogen-bond donors (Lipinski definition) is 1. The highest BCUT2D eigenvalue weighted by molar-refractivity contribution is 5.93. The van der Waals surface area contributed by atoms with Crippen molar-refractivity contribution in [2.45, 2.75) is 33.0 Å². The smallest absolute Gasteiger partial charge is 0.343 e. The van der Waals surface area contributed by atoms with Gasteiger partial charge in [0.15, 0.2) is 11.5 Å². The Hall–Kier alpha value is -5.04. The van der Waals surface area contributed by atoms with Crippen molar-refractivity contribution in [3.8, 4) is 11.5 Å². The van der Waals surface area contributed by atoms with Gasteiger partial charge >= 0.3 is 11.9 Å². The van der Waals surface area contributed by atoms with Gasteiger partial charge in [0.25, 0.3) is 0 Å². The predicted molar refractivity (Wildman–Crippen MR) is 171 cm³/mol. The standard InChI is InChI=1S/C38H35NO5/c1-27-13-17-31(18-14-27)37(41)43-35-22-21-33(23-36(35)44-38(42)32-19-15-28(2)16-20-32)34(40)26-39(24-29-9-5-3-6-10-29)25-30-11-7-4-8-12-30/h3-23,34,40H,24-26H2,1-2H3. The molecule has 1 atom stereocenters. The van der Waals surface area contributed by atoms with E-state index in [1.165, 1.54) is 0 Å². The van der Waals surface area contributed by atoms with E-state index in [4.69, 9.17) is 9.47 Å². The Labute approximate surface area is 258 Å². The number of hydrogen-bond acceptors (Lipinski definition) is 6. The Morgan fingerprint density at radius 1 is 0.614 bits per heavy atom. The van der Waals surface area contributed by atoms with Crippen molar-refractivity contribution < 1.29 is 24.2 Å². The third-order valence-corrected chi connectivity index (χ3v) is 7.26. The maximum absolute atomic E-state index is 13.1. The van der Waals surface area contributed by atoms with E-state index in [0.717, 1.165) is 22.3 Å². The lowest BCUT2D eigenvalue weighted by molar-refractivity contribution is 0.0680. The van der Waals surface area contributed by atoms with E-state index < -0.39 is 18.0 Å². The third-order valence-electron chi connectivity index (χ3n) is 7.26. The van der Waals surface area contributed by atoms with E-state index >= 15 is 0 Å². The molecular formula is C38H35NO5. The summed E-state index contributed by atoms with van der Waals surface area (Å²) in [5.74, 6) is -1.05. The molecule has 1 unspecified atom stereocenters. The summed E-state index contributed by atoms with van der Waals surface area (Å²) >= 11 is 0. The van der Waals surface area contributed by atoms with Crippen LogP contribution in [0.5, 0.6) is 11.5 Å². The molecule has 0 amide bonds. The van der Waals surface area contributed by atoms with Crippen molar-refractivity contribution in [3.05, 3.63) is 166 Å². The number of ether oxygens (including phenoxy) is 2. The molecule has 5 aromatic carbocycles. The SMILES string of the molecule is Cc1ccc(C(=O)Oc2ccc(C(O)CN(Cc3ccccc3)Cc3ccccc3)cc2OC(=O)c2ccc(C)cc2)cc1. The van der Waals surface area contributed by atoms with Crippen LogP contribution in [0.2, 0.25) is 0 Å². The summed E-state index contributed by atoms with van der Waals surface area (Å²) in [5.41, 5.74) is 5.53. The first-order valence-electron chi connectivity index (χ1n) is 14.5. The Kier molecular flexibility index (Phi) is 9.97. The van der Waals surface area contributed by atoms with Crippen LogP contribution >= 0.6 is 0 Å². The number of aliphatic hydroxyl groups excluding tert-OH is 1. The summed E-state index contributed by atoms with van der Waals surface area (Å²) in [4.78, 5) is 28.2. The van der Waals surface area contributed by atoms with Gasteiger partial charge in [-0.05, 0) is 66.9 Å². The van der Waals surface area contributed by atoms with Gasteiger partial charge in [0.1, 0.15) is 0 Å². The van der Waals surface area contributed by atoms with Crippen LogP contribution in [-0.2, 0) is 13.1 Å². The first-order valence-corrected chi connectivity index (χ1v) is 14.5. The fourth-order valence-electron chi connectivity index (χ4n) is 4.81. The molecule has 6 nitrogen and oxygen atoms in total. The van der Waals surface area contributed by atoms with Crippen molar-refractivity contribution >= 4 is 11.9 Å². The van der Waals surface area contributed by atoms with Crippen LogP contribution in [0.15, 0.2) is 127 Å². The van der Waals surface area contributed by atoms with E-state index in [2.05, 4.69) is 29.2 Å². The van der Waals surface area contributed by atoms with Gasteiger partial charge in [-0.1, -0.05) is 102 Å². The fourth-order valence-corrected chi connectivity index (χ4v) is 4.81. The molecule has 0 saturated heterocycles. The van der Waals surface area contributed by atoms with Gasteiger partial charge in [-0.25, -0.2) is 9.59 Å². The van der Waals surface area contributed by atoms with Gasteiger partial charge in [0.05, 0.1) is 17.2 Å². The van der Waals surface area contributed by atoms with Crippen molar-refractivity contribution in [1.82, 2.24) is 4.90 Å². The lowest BCUT2D eigenvalue weighted by atomic mass is 10.1. The molecule has 0 radical (unpaired) electrons. The monoisotopic (exact) mass is 585 g/mol. The Morgan fingerprint density at radius 2 is 1.07 bits per heavy atom. The first kappa shape index (κ1) is 30.4. The molecule has 5 rings (SSSR count). The lowest BCUT2D eigenvalue weighted by Crippen LogP contribution is -2.28. The number of esters is 2. The van der Waals surface area contributed by atoms with Crippen molar-refractivity contribution in [1.29, 1.82) is 0 Å². The van der Waals surface area contributed by atoms with E-state index in [1.807, 2.05) is 74.5 Å². The molecule has 0 heterocycles. The van der Waals surface area contributed by atoms with Crippen LogP contribution in [0.3, 0.4) is 0 Å². The highest BCUT2D eigenvalue weighted by atomic mass is 16.6. The molecule has 0 spiro atoms. The van der Waals surface area contributed by atoms with Gasteiger partial charge in [-0.3, -0.25) is 4.90 Å². The predicted octanol–water partition coefficient (Wildman–Crippen LogP) is 7.48. The fraction of sp³-hybridized carbons (Fsp3) is 0.158. The lowest BCUT2D eigenvalue weighted by Gasteiger charge is -2.26. The van der Waals surface area contributed by atoms with Crippen molar-refractivity contribution in [2.75, 3.05) is 6.54 Å². The van der Waals surface area contributed by atoms with Crippen molar-refractivity contribution in [3.63, 3.8) is 0 Å². The largest absolute Gasteiger partial charge is 0.419 e. The zero-order valence-electron chi connectivity index (χ0n) is 24.9. The minimum atomic E-state index is -0.916. The number of nitrogens with zero attached hydrogens (tertiary/aromatic N) is 1. The number of aryl methyl sites for hydroxylation is 2. The zero-order chi connectivity index (χ0) is 30.9. The second kappa shape index (κ2) is 14.4. The third kappa shape index (κ3) is 8.28. The van der Waals surface area contributed by atoms with Gasteiger partial charge < -0.3 is 14.6 Å². The van der Waals surface area contributed by atoms with Gasteiger partial charge in [0.2, 0.25) is 0 Å². The van der Waals surface area contributed by atoms with E-state index in [0.29, 0.717) is 36.3 Å². The van der Waals surface area contributed by atoms with E-state index in [-0.39, 0.29) is 11.5 Å². The average Bonchev–Trinajstić information content (AvgIpc) is 3.03. The highest BCUT2D eigenvalue weighted by Crippen LogP contribution is 2.33. The molecule has 0 aliphatic rings. The van der Waals surface area contributed by atoms with Crippen molar-refractivity contribution in [2.24, 2.45) is 0 Å². The molecule has 44 heavy (non-hydrogen) atoms. The minimum absolute atomic E-state index is 0.0465. The maximum Gasteiger partial charge on any atom is 0.343 e. The summed E-state index contributed by atoms with van der Waals surface area (Å²) in [7, 11) is 0. The number of carbonyl (C=O) groups excluding carboxylic acids is 2. The Bertz CT molecular complexity index is 1640. The minimum Gasteiger partial charge on any atom is -0.419 e. The zero-order valence-corrected chi connectivity index (χ0v) is 24.9. The van der Waals surface area contributed by atoms with Crippen LogP contribution in [-0.4, -0.2) is 28.5 Å². The molecular weight excluding hydrogens is 550 g/mol. The summed E-state index contributed by atoms with van der Waals surface area (Å²) in [6.07, 6.45) is -0.916. The van der Waals surface area contributed by atoms with Crippen LogP contribution in [0, 0.1) is 13.8 Å². The first-order chi connectivity index (χ1) is 21.3. The second-order valence-electron chi connectivity index (χ2n) is 10.9. The average molecular weight is 586 g/mol. The second-order valence-corrected chi connectivity index (χ2v) is 10.9. The molecule has 0 saturated carbocycles. The molecule has 0 fully saturated rings. The molecule has 5 aromatic rings. The van der Waals surface area contributed by atoms with Gasteiger partial charge in [0, 0.05) is 19.6 Å². The van der Waals surface area contributed by atoms with Gasteiger partial charge in [-0.15, -0.1) is 0 Å². The molecule has 6 heteroatoms. The molecule has 222 valence electrons. The molecule has 0 aromatic heterocycles. The van der Waals surface area contributed by atoms with Gasteiger partial charge in [-0.2, -0.15) is 0 Å². The number of rotatable bonds is 11. The van der Waals surface area contributed by atoms with Crippen LogP contribution < -0.4 is 9.47 Å². The Morgan fingerprint density at radius 3 is 1.55 bits per heavy atom. The van der Waals surface area contributed by atoms with E-state index in [9.17, 15) is 14.7 Å². The van der Waals surface area contributed by atoms with Crippen LogP contribution in [0.25, 0.3) is 0 Å². The highest BCUT2D eigenvalue weighted by Gasteiger charge is 2.21. The summed E-state index contributed by atoms with van der Waals surface area (Å²) in [6.45, 7) is 5.45. The quantitative estimate of drug-likeness (QED) is 0.128. The van der Waals surface area contributed by atoms with E-state index in [1.54, 1.807) is 42.5 Å². The normalized spacial score (nSPS) is 11.6. The van der Waals surface area contributed by atoms with Crippen LogP contribution in [0.1, 0.15) is 54.6 Å². The number of aliphatic hydroxyl groups is 1. The molecule has 0 aliphatic heterocycles. The number of benzene rings is 5. The molecule has 0 aliphatic carbocycles.